The summed E-state index contributed by atoms with van der Waals surface area (Å²) in [4.78, 5) is 0. The number of nitrogen functional groups attached to an aromatic ring is 2. The molecule has 0 amide bonds. The second-order valence-corrected chi connectivity index (χ2v) is 13.3. The van der Waals surface area contributed by atoms with Gasteiger partial charge in [-0.15, -0.1) is 0 Å². The number of rotatable bonds is 6. The first-order chi connectivity index (χ1) is 16.3. The Balaban J connectivity index is 1.24. The van der Waals surface area contributed by atoms with E-state index in [1.165, 1.54) is 70.6 Å². The third-order valence-electron chi connectivity index (χ3n) is 11.8. The Morgan fingerprint density at radius 1 is 0.971 bits per heavy atom. The first-order valence-corrected chi connectivity index (χ1v) is 14.5. The van der Waals surface area contributed by atoms with Crippen molar-refractivity contribution in [2.45, 2.75) is 111 Å². The van der Waals surface area contributed by atoms with Crippen molar-refractivity contribution in [1.29, 1.82) is 0 Å². The van der Waals surface area contributed by atoms with Gasteiger partial charge in [0, 0.05) is 16.9 Å². The molecule has 3 nitrogen and oxygen atoms in total. The smallest absolute Gasteiger partial charge is 0.0740 e. The summed E-state index contributed by atoms with van der Waals surface area (Å²) >= 11 is 0. The maximum Gasteiger partial charge on any atom is 0.0740 e. The Bertz CT molecular complexity index is 869. The molecule has 0 saturated heterocycles. The molecule has 4 aliphatic carbocycles. The minimum absolute atomic E-state index is 0.381. The molecule has 4 aliphatic rings. The van der Waals surface area contributed by atoms with E-state index >= 15 is 0 Å². The lowest BCUT2D eigenvalue weighted by molar-refractivity contribution is -0.138. The fraction of sp³-hybridized carbons (Fsp3) is 0.806. The molecule has 0 bridgehead atoms. The summed E-state index contributed by atoms with van der Waals surface area (Å²) in [5.41, 5.74) is 15.7. The molecule has 190 valence electrons. The standard InChI is InChI=1S/C31H50N2O/c1-5-6-20(2)26-11-12-27-25-10-8-22-17-24(34-19-21-7-9-23(32)18-29(21)33)13-15-30(22,3)28(25)14-16-31(26,27)4/h7,9,18,20,22,24-28H,5-6,8,10-17,19,32-33H2,1-4H3/t20?,22?,24?,25-,26+,27-,28-,30-,31+/m0/s1. The molecule has 0 aromatic heterocycles. The van der Waals surface area contributed by atoms with Crippen LogP contribution in [0.5, 0.6) is 0 Å². The highest BCUT2D eigenvalue weighted by Gasteiger charge is 2.60. The van der Waals surface area contributed by atoms with Gasteiger partial charge in [-0.25, -0.2) is 0 Å². The topological polar surface area (TPSA) is 61.3 Å². The van der Waals surface area contributed by atoms with Crippen LogP contribution in [0.1, 0.15) is 104 Å². The van der Waals surface area contributed by atoms with Gasteiger partial charge >= 0.3 is 0 Å². The lowest BCUT2D eigenvalue weighted by Crippen LogP contribution is -2.54. The second-order valence-electron chi connectivity index (χ2n) is 13.3. The van der Waals surface area contributed by atoms with Gasteiger partial charge in [0.05, 0.1) is 12.7 Å². The van der Waals surface area contributed by atoms with Crippen molar-refractivity contribution in [2.75, 3.05) is 11.5 Å². The van der Waals surface area contributed by atoms with E-state index in [-0.39, 0.29) is 0 Å². The summed E-state index contributed by atoms with van der Waals surface area (Å²) in [6, 6.07) is 5.81. The van der Waals surface area contributed by atoms with E-state index in [9.17, 15) is 0 Å². The van der Waals surface area contributed by atoms with Gasteiger partial charge in [-0.1, -0.05) is 46.6 Å². The minimum Gasteiger partial charge on any atom is -0.399 e. The molecule has 0 spiro atoms. The second kappa shape index (κ2) is 9.34. The van der Waals surface area contributed by atoms with Crippen LogP contribution in [0.15, 0.2) is 18.2 Å². The quantitative estimate of drug-likeness (QED) is 0.420. The maximum absolute atomic E-state index is 6.45. The SMILES string of the molecule is CCCC(C)[C@H]1CC[C@H]2[C@@H]3CCC4CC(OCc5ccc(N)cc5N)CC[C@]4(C)[C@H]3CC[C@]12C. The van der Waals surface area contributed by atoms with E-state index < -0.39 is 0 Å². The molecule has 0 heterocycles. The zero-order valence-electron chi connectivity index (χ0n) is 22.3. The molecule has 0 radical (unpaired) electrons. The van der Waals surface area contributed by atoms with Crippen molar-refractivity contribution in [1.82, 2.24) is 0 Å². The summed E-state index contributed by atoms with van der Waals surface area (Å²) in [7, 11) is 0. The van der Waals surface area contributed by atoms with E-state index in [0.717, 1.165) is 52.4 Å². The van der Waals surface area contributed by atoms with E-state index in [1.807, 2.05) is 18.2 Å². The van der Waals surface area contributed by atoms with E-state index in [4.69, 9.17) is 16.2 Å². The average Bonchev–Trinajstić information content (AvgIpc) is 3.16. The van der Waals surface area contributed by atoms with E-state index in [1.54, 1.807) is 0 Å². The Morgan fingerprint density at radius 2 is 1.74 bits per heavy atom. The van der Waals surface area contributed by atoms with Crippen molar-refractivity contribution in [2.24, 2.45) is 46.3 Å². The highest BCUT2D eigenvalue weighted by atomic mass is 16.5. The molecule has 4 saturated carbocycles. The predicted molar refractivity (Wildman–Crippen MR) is 143 cm³/mol. The summed E-state index contributed by atoms with van der Waals surface area (Å²) in [6.07, 6.45) is 15.8. The van der Waals surface area contributed by atoms with Crippen LogP contribution in [-0.4, -0.2) is 6.10 Å². The molecule has 34 heavy (non-hydrogen) atoms. The largest absolute Gasteiger partial charge is 0.399 e. The molecule has 3 unspecified atom stereocenters. The number of ether oxygens (including phenoxy) is 1. The maximum atomic E-state index is 6.45. The number of benzene rings is 1. The van der Waals surface area contributed by atoms with E-state index in [0.29, 0.717) is 23.5 Å². The Morgan fingerprint density at radius 3 is 2.50 bits per heavy atom. The van der Waals surface area contributed by atoms with Crippen LogP contribution in [-0.2, 0) is 11.3 Å². The van der Waals surface area contributed by atoms with Crippen LogP contribution in [0.2, 0.25) is 0 Å². The molecule has 1 aromatic rings. The molecule has 1 aromatic carbocycles. The first-order valence-electron chi connectivity index (χ1n) is 14.5. The first kappa shape index (κ1) is 24.5. The molecular formula is C31H50N2O. The third-order valence-corrected chi connectivity index (χ3v) is 11.8. The van der Waals surface area contributed by atoms with Crippen LogP contribution in [0.4, 0.5) is 11.4 Å². The number of hydrogen-bond donors (Lipinski definition) is 2. The van der Waals surface area contributed by atoms with Crippen molar-refractivity contribution < 1.29 is 4.74 Å². The number of hydrogen-bond acceptors (Lipinski definition) is 3. The summed E-state index contributed by atoms with van der Waals surface area (Å²) in [5, 5.41) is 0. The van der Waals surface area contributed by atoms with Gasteiger partial charge in [-0.3, -0.25) is 0 Å². The van der Waals surface area contributed by atoms with Crippen molar-refractivity contribution >= 4 is 11.4 Å². The number of nitrogens with two attached hydrogens (primary N) is 2. The minimum atomic E-state index is 0.381. The molecule has 4 fully saturated rings. The van der Waals surface area contributed by atoms with Crippen LogP contribution < -0.4 is 11.5 Å². The molecule has 9 atom stereocenters. The van der Waals surface area contributed by atoms with Gasteiger partial charge in [-0.2, -0.15) is 0 Å². The highest BCUT2D eigenvalue weighted by Crippen LogP contribution is 2.68. The van der Waals surface area contributed by atoms with Gasteiger partial charge in [0.1, 0.15) is 0 Å². The third kappa shape index (κ3) is 4.08. The number of fused-ring (bicyclic) bond motifs is 5. The summed E-state index contributed by atoms with van der Waals surface area (Å²) in [6.45, 7) is 10.9. The monoisotopic (exact) mass is 466 g/mol. The summed E-state index contributed by atoms with van der Waals surface area (Å²) < 4.78 is 6.45. The van der Waals surface area contributed by atoms with Gasteiger partial charge < -0.3 is 16.2 Å². The Hall–Kier alpha value is -1.22. The molecule has 0 aliphatic heterocycles. The fourth-order valence-electron chi connectivity index (χ4n) is 9.95. The van der Waals surface area contributed by atoms with Crippen molar-refractivity contribution in [3.63, 3.8) is 0 Å². The molecule has 4 N–H and O–H groups in total. The van der Waals surface area contributed by atoms with Gasteiger partial charge in [0.25, 0.3) is 0 Å². The van der Waals surface area contributed by atoms with Crippen LogP contribution >= 0.6 is 0 Å². The number of anilines is 2. The van der Waals surface area contributed by atoms with Crippen LogP contribution in [0, 0.1) is 46.3 Å². The predicted octanol–water partition coefficient (Wildman–Crippen LogP) is 7.83. The molecule has 5 rings (SSSR count). The van der Waals surface area contributed by atoms with Crippen LogP contribution in [0.25, 0.3) is 0 Å². The highest BCUT2D eigenvalue weighted by molar-refractivity contribution is 5.56. The Labute approximate surface area is 208 Å². The fourth-order valence-corrected chi connectivity index (χ4v) is 9.95. The van der Waals surface area contributed by atoms with Gasteiger partial charge in [0.15, 0.2) is 0 Å². The molecule has 3 heteroatoms. The normalized spacial score (nSPS) is 42.5. The van der Waals surface area contributed by atoms with Gasteiger partial charge in [0.2, 0.25) is 0 Å². The average molecular weight is 467 g/mol. The lowest BCUT2D eigenvalue weighted by atomic mass is 9.44. The van der Waals surface area contributed by atoms with Gasteiger partial charge in [-0.05, 0) is 116 Å². The molecular weight excluding hydrogens is 416 g/mol. The summed E-state index contributed by atoms with van der Waals surface area (Å²) in [5.74, 6) is 5.61. The zero-order valence-corrected chi connectivity index (χ0v) is 22.3. The Kier molecular flexibility index (Phi) is 6.72. The lowest BCUT2D eigenvalue weighted by Gasteiger charge is -2.61. The zero-order chi connectivity index (χ0) is 24.1. The van der Waals surface area contributed by atoms with Crippen molar-refractivity contribution in [3.8, 4) is 0 Å². The van der Waals surface area contributed by atoms with Crippen molar-refractivity contribution in [3.05, 3.63) is 23.8 Å². The van der Waals surface area contributed by atoms with E-state index in [2.05, 4.69) is 27.7 Å². The van der Waals surface area contributed by atoms with Crippen LogP contribution in [0.3, 0.4) is 0 Å².